The maximum absolute atomic E-state index is 13.1. The van der Waals surface area contributed by atoms with Crippen molar-refractivity contribution in [2.75, 3.05) is 65.9 Å². The summed E-state index contributed by atoms with van der Waals surface area (Å²) in [5.74, 6) is -0.414. The van der Waals surface area contributed by atoms with Crippen molar-refractivity contribution in [3.05, 3.63) is 0 Å². The highest BCUT2D eigenvalue weighted by molar-refractivity contribution is 5.69. The Hall–Kier alpha value is -1.30. The van der Waals surface area contributed by atoms with Crippen molar-refractivity contribution in [2.24, 2.45) is 5.41 Å². The van der Waals surface area contributed by atoms with E-state index in [9.17, 15) is 14.7 Å². The average molecular weight is 898 g/mol. The van der Waals surface area contributed by atoms with Gasteiger partial charge in [0, 0.05) is 45.9 Å². The zero-order valence-corrected chi connectivity index (χ0v) is 41.9. The molecule has 0 atom stereocenters. The number of carbonyl (C=O) groups is 2. The molecule has 1 aliphatic rings. The van der Waals surface area contributed by atoms with Gasteiger partial charge in [-0.05, 0) is 89.3 Å². The molecule has 0 radical (unpaired) electrons. The van der Waals surface area contributed by atoms with Crippen LogP contribution in [0.3, 0.4) is 0 Å². The summed E-state index contributed by atoms with van der Waals surface area (Å²) >= 11 is 0. The third-order valence-electron chi connectivity index (χ3n) is 13.0. The molecule has 0 amide bonds. The predicted octanol–water partition coefficient (Wildman–Crippen LogP) is 13.4. The van der Waals surface area contributed by atoms with Gasteiger partial charge < -0.3 is 38.4 Å². The Labute approximate surface area is 388 Å². The smallest absolute Gasteiger partial charge is 0.305 e. The number of likely N-dealkylation sites (tertiary alicyclic amines) is 1. The Morgan fingerprint density at radius 2 is 0.794 bits per heavy atom. The number of hydrogen-bond donors (Lipinski definition) is 1. The SMILES string of the molecule is CCCCCCCCOC(CCC(=O)OCCC1(CCOC(=O)CCC(OCCCCCCCC)OCCCCCCCC)CCN(CCCCO)CC1)OCCCCCCCC. The van der Waals surface area contributed by atoms with Gasteiger partial charge >= 0.3 is 11.9 Å². The molecule has 0 aromatic rings. The highest BCUT2D eigenvalue weighted by Crippen LogP contribution is 2.39. The van der Waals surface area contributed by atoms with Crippen LogP contribution >= 0.6 is 0 Å². The molecule has 10 heteroatoms. The topological polar surface area (TPSA) is 113 Å². The third-order valence-corrected chi connectivity index (χ3v) is 13.0. The van der Waals surface area contributed by atoms with E-state index in [1.54, 1.807) is 0 Å². The Kier molecular flexibility index (Phi) is 42.2. The molecule has 10 nitrogen and oxygen atoms in total. The van der Waals surface area contributed by atoms with E-state index in [0.29, 0.717) is 52.5 Å². The first-order chi connectivity index (χ1) is 30.9. The van der Waals surface area contributed by atoms with E-state index >= 15 is 0 Å². The maximum atomic E-state index is 13.1. The van der Waals surface area contributed by atoms with Gasteiger partial charge in [0.1, 0.15) is 0 Å². The van der Waals surface area contributed by atoms with Gasteiger partial charge in [0.25, 0.3) is 0 Å². The Bertz CT molecular complexity index is 892. The van der Waals surface area contributed by atoms with Crippen molar-refractivity contribution in [1.29, 1.82) is 0 Å². The van der Waals surface area contributed by atoms with E-state index in [-0.39, 0.29) is 49.4 Å². The Balaban J connectivity index is 2.68. The minimum absolute atomic E-state index is 0.0694. The van der Waals surface area contributed by atoms with Crippen molar-refractivity contribution >= 4 is 11.9 Å². The lowest BCUT2D eigenvalue weighted by Gasteiger charge is -2.42. The molecule has 0 bridgehead atoms. The van der Waals surface area contributed by atoms with Crippen LogP contribution in [0.1, 0.15) is 246 Å². The number of nitrogens with zero attached hydrogens (tertiary/aromatic N) is 1. The molecule has 63 heavy (non-hydrogen) atoms. The van der Waals surface area contributed by atoms with Crippen molar-refractivity contribution < 1.29 is 43.1 Å². The number of esters is 2. The molecule has 0 unspecified atom stereocenters. The molecule has 0 saturated carbocycles. The average Bonchev–Trinajstić information content (AvgIpc) is 3.28. The fourth-order valence-corrected chi connectivity index (χ4v) is 8.52. The lowest BCUT2D eigenvalue weighted by atomic mass is 9.73. The number of ether oxygens (including phenoxy) is 6. The second kappa shape index (κ2) is 44.5. The van der Waals surface area contributed by atoms with E-state index < -0.39 is 0 Å². The summed E-state index contributed by atoms with van der Waals surface area (Å²) in [5.41, 5.74) is -0.0694. The van der Waals surface area contributed by atoms with Gasteiger partial charge in [-0.3, -0.25) is 9.59 Å². The van der Waals surface area contributed by atoms with Crippen molar-refractivity contribution in [3.63, 3.8) is 0 Å². The van der Waals surface area contributed by atoms with Crippen LogP contribution in [0.5, 0.6) is 0 Å². The van der Waals surface area contributed by atoms with Crippen molar-refractivity contribution in [3.8, 4) is 0 Å². The molecule has 1 saturated heterocycles. The predicted molar refractivity (Wildman–Crippen MR) is 259 cm³/mol. The Morgan fingerprint density at radius 3 is 1.13 bits per heavy atom. The van der Waals surface area contributed by atoms with Crippen LogP contribution in [0.15, 0.2) is 0 Å². The van der Waals surface area contributed by atoms with Crippen LogP contribution in [-0.2, 0) is 38.0 Å². The van der Waals surface area contributed by atoms with E-state index in [0.717, 1.165) is 110 Å². The number of rotatable bonds is 48. The molecule has 0 aliphatic carbocycles. The second-order valence-electron chi connectivity index (χ2n) is 18.7. The number of aliphatic hydroxyl groups excluding tert-OH is 1. The first kappa shape index (κ1) is 59.7. The van der Waals surface area contributed by atoms with Gasteiger partial charge in [-0.15, -0.1) is 0 Å². The van der Waals surface area contributed by atoms with E-state index in [4.69, 9.17) is 28.4 Å². The Morgan fingerprint density at radius 1 is 0.460 bits per heavy atom. The van der Waals surface area contributed by atoms with Crippen LogP contribution in [-0.4, -0.2) is 100 Å². The van der Waals surface area contributed by atoms with Gasteiger partial charge in [0.05, 0.1) is 26.1 Å². The number of aliphatic hydroxyl groups is 1. The van der Waals surface area contributed by atoms with Gasteiger partial charge in [0.2, 0.25) is 0 Å². The molecule has 0 spiro atoms. The lowest BCUT2D eigenvalue weighted by Crippen LogP contribution is -2.42. The summed E-state index contributed by atoms with van der Waals surface area (Å²) in [7, 11) is 0. The van der Waals surface area contributed by atoms with Gasteiger partial charge in [-0.25, -0.2) is 0 Å². The molecule has 1 heterocycles. The molecular formula is C53H103NO9. The fraction of sp³-hybridized carbons (Fsp3) is 0.962. The number of unbranched alkanes of at least 4 members (excludes halogenated alkanes) is 21. The van der Waals surface area contributed by atoms with Crippen LogP contribution in [0.25, 0.3) is 0 Å². The summed E-state index contributed by atoms with van der Waals surface area (Å²) in [6, 6.07) is 0. The molecule has 374 valence electrons. The van der Waals surface area contributed by atoms with Crippen LogP contribution in [0, 0.1) is 5.41 Å². The summed E-state index contributed by atoms with van der Waals surface area (Å²) in [6.45, 7) is 15.4. The van der Waals surface area contributed by atoms with Gasteiger partial charge in [-0.2, -0.15) is 0 Å². The molecule has 1 N–H and O–H groups in total. The van der Waals surface area contributed by atoms with E-state index in [2.05, 4.69) is 32.6 Å². The number of piperidine rings is 1. The molecule has 0 aromatic carbocycles. The van der Waals surface area contributed by atoms with Crippen LogP contribution < -0.4 is 0 Å². The molecule has 1 rings (SSSR count). The monoisotopic (exact) mass is 898 g/mol. The first-order valence-electron chi connectivity index (χ1n) is 27.0. The quantitative estimate of drug-likeness (QED) is 0.0360. The molecule has 0 aromatic heterocycles. The number of hydrogen-bond acceptors (Lipinski definition) is 10. The first-order valence-corrected chi connectivity index (χ1v) is 27.0. The van der Waals surface area contributed by atoms with Crippen molar-refractivity contribution in [2.45, 2.75) is 259 Å². The zero-order chi connectivity index (χ0) is 45.7. The maximum Gasteiger partial charge on any atom is 0.305 e. The standard InChI is InChI=1S/C53H103NO9/c1-5-9-13-17-21-27-43-60-51(61-44-28-22-18-14-10-6-2)33-31-49(56)58-47-37-53(35-40-54(41-36-53)39-25-26-42-55)38-48-59-50(57)32-34-52(62-45-29-23-19-15-11-7-3)63-46-30-24-20-16-12-8-4/h51-52,55H,5-48H2,1-4H3. The van der Waals surface area contributed by atoms with Crippen LogP contribution in [0.2, 0.25) is 0 Å². The largest absolute Gasteiger partial charge is 0.466 e. The van der Waals surface area contributed by atoms with E-state index in [1.807, 2.05) is 0 Å². The highest BCUT2D eigenvalue weighted by Gasteiger charge is 2.35. The van der Waals surface area contributed by atoms with Crippen LogP contribution in [0.4, 0.5) is 0 Å². The van der Waals surface area contributed by atoms with Crippen molar-refractivity contribution in [1.82, 2.24) is 4.90 Å². The summed E-state index contributed by atoms with van der Waals surface area (Å²) in [4.78, 5) is 28.7. The second-order valence-corrected chi connectivity index (χ2v) is 18.7. The summed E-state index contributed by atoms with van der Waals surface area (Å²) in [5, 5.41) is 9.30. The zero-order valence-electron chi connectivity index (χ0n) is 41.9. The molecule has 1 aliphatic heterocycles. The fourth-order valence-electron chi connectivity index (χ4n) is 8.52. The minimum atomic E-state index is -0.380. The number of carbonyl (C=O) groups excluding carboxylic acids is 2. The normalized spacial score (nSPS) is 14.3. The van der Waals surface area contributed by atoms with Gasteiger partial charge in [0.15, 0.2) is 12.6 Å². The molecule has 1 fully saturated rings. The summed E-state index contributed by atoms with van der Waals surface area (Å²) in [6.07, 6.45) is 34.9. The summed E-state index contributed by atoms with van der Waals surface area (Å²) < 4.78 is 36.4. The minimum Gasteiger partial charge on any atom is -0.466 e. The highest BCUT2D eigenvalue weighted by atomic mass is 16.7. The van der Waals surface area contributed by atoms with E-state index in [1.165, 1.54) is 103 Å². The lowest BCUT2D eigenvalue weighted by molar-refractivity contribution is -0.160. The molecular weight excluding hydrogens is 795 g/mol. The van der Waals surface area contributed by atoms with Gasteiger partial charge in [-0.1, -0.05) is 156 Å². The third kappa shape index (κ3) is 36.5.